The second-order valence-corrected chi connectivity index (χ2v) is 6.08. The minimum atomic E-state index is -0.293. The fourth-order valence-electron chi connectivity index (χ4n) is 3.01. The maximum atomic E-state index is 13.4. The van der Waals surface area contributed by atoms with Gasteiger partial charge in [-0.1, -0.05) is 0 Å². The fourth-order valence-corrected chi connectivity index (χ4v) is 3.01. The number of imidazole rings is 1. The van der Waals surface area contributed by atoms with Crippen LogP contribution in [0.5, 0.6) is 11.5 Å². The quantitative estimate of drug-likeness (QED) is 0.781. The van der Waals surface area contributed by atoms with E-state index in [0.717, 1.165) is 16.9 Å². The molecule has 0 saturated carbocycles. The van der Waals surface area contributed by atoms with Crippen molar-refractivity contribution in [3.05, 3.63) is 53.6 Å². The molecule has 3 aromatic rings. The Kier molecular flexibility index (Phi) is 4.20. The Hall–Kier alpha value is -3.09. The van der Waals surface area contributed by atoms with Crippen molar-refractivity contribution in [1.82, 2.24) is 14.9 Å². The van der Waals surface area contributed by atoms with Gasteiger partial charge in [-0.15, -0.1) is 0 Å². The largest absolute Gasteiger partial charge is 0.486 e. The first-order valence-electron chi connectivity index (χ1n) is 8.40. The third-order valence-corrected chi connectivity index (χ3v) is 4.37. The molecule has 1 aliphatic heterocycles. The van der Waals surface area contributed by atoms with Crippen LogP contribution in [0.2, 0.25) is 0 Å². The van der Waals surface area contributed by atoms with E-state index < -0.39 is 0 Å². The molecule has 1 aromatic heterocycles. The first-order valence-corrected chi connectivity index (χ1v) is 8.40. The van der Waals surface area contributed by atoms with Crippen LogP contribution in [0.3, 0.4) is 0 Å². The second kappa shape index (κ2) is 6.67. The van der Waals surface area contributed by atoms with Crippen LogP contribution in [-0.4, -0.2) is 35.2 Å². The molecule has 0 fully saturated rings. The first kappa shape index (κ1) is 16.4. The molecule has 1 aliphatic rings. The van der Waals surface area contributed by atoms with Crippen LogP contribution >= 0.6 is 0 Å². The molecule has 0 spiro atoms. The van der Waals surface area contributed by atoms with Gasteiger partial charge in [0.1, 0.15) is 24.9 Å². The third kappa shape index (κ3) is 3.08. The lowest BCUT2D eigenvalue weighted by atomic mass is 10.2. The highest BCUT2D eigenvalue weighted by molar-refractivity contribution is 5.94. The minimum absolute atomic E-state index is 0.188. The number of carbonyl (C=O) groups is 1. The van der Waals surface area contributed by atoms with E-state index in [4.69, 9.17) is 9.47 Å². The monoisotopic (exact) mass is 355 g/mol. The van der Waals surface area contributed by atoms with Gasteiger partial charge in [0.25, 0.3) is 5.91 Å². The lowest BCUT2D eigenvalue weighted by Gasteiger charge is -2.18. The maximum absolute atomic E-state index is 13.4. The molecule has 0 saturated heterocycles. The van der Waals surface area contributed by atoms with Gasteiger partial charge in [0.15, 0.2) is 11.5 Å². The SMILES string of the molecule is Cn1c(CCNC(=O)c2ccc3c(c2)OCCO3)nc2ccc(F)cc21. The number of hydrogen-bond donors (Lipinski definition) is 1. The van der Waals surface area contributed by atoms with Crippen LogP contribution in [0.15, 0.2) is 36.4 Å². The Morgan fingerprint density at radius 3 is 2.85 bits per heavy atom. The van der Waals surface area contributed by atoms with E-state index in [0.29, 0.717) is 43.2 Å². The van der Waals surface area contributed by atoms with Gasteiger partial charge in [0.2, 0.25) is 0 Å². The predicted octanol–water partition coefficient (Wildman–Crippen LogP) is 2.46. The molecule has 0 aliphatic carbocycles. The molecule has 1 N–H and O–H groups in total. The normalized spacial score (nSPS) is 13.0. The van der Waals surface area contributed by atoms with Crippen LogP contribution in [0.1, 0.15) is 16.2 Å². The zero-order chi connectivity index (χ0) is 18.1. The first-order chi connectivity index (χ1) is 12.6. The molecule has 2 heterocycles. The topological polar surface area (TPSA) is 65.4 Å². The van der Waals surface area contributed by atoms with E-state index in [1.165, 1.54) is 12.1 Å². The van der Waals surface area contributed by atoms with Gasteiger partial charge in [-0.3, -0.25) is 4.79 Å². The maximum Gasteiger partial charge on any atom is 0.251 e. The zero-order valence-corrected chi connectivity index (χ0v) is 14.3. The standard InChI is InChI=1S/C19H18FN3O3/c1-23-15-11-13(20)3-4-14(15)22-18(23)6-7-21-19(24)12-2-5-16-17(10-12)26-9-8-25-16/h2-5,10-11H,6-9H2,1H3,(H,21,24). The van der Waals surface area contributed by atoms with E-state index in [1.807, 2.05) is 11.6 Å². The number of nitrogens with one attached hydrogen (secondary N) is 1. The lowest BCUT2D eigenvalue weighted by Crippen LogP contribution is -2.26. The molecule has 0 atom stereocenters. The summed E-state index contributed by atoms with van der Waals surface area (Å²) in [6, 6.07) is 9.63. The summed E-state index contributed by atoms with van der Waals surface area (Å²) in [7, 11) is 1.84. The summed E-state index contributed by atoms with van der Waals surface area (Å²) < 4.78 is 26.2. The molecule has 4 rings (SSSR count). The van der Waals surface area contributed by atoms with Crippen LogP contribution in [0.25, 0.3) is 11.0 Å². The Morgan fingerprint density at radius 2 is 2.00 bits per heavy atom. The Balaban J connectivity index is 1.41. The summed E-state index contributed by atoms with van der Waals surface area (Å²) in [5.74, 6) is 1.54. The molecule has 1 amide bonds. The summed E-state index contributed by atoms with van der Waals surface area (Å²) >= 11 is 0. The van der Waals surface area contributed by atoms with Crippen LogP contribution in [0, 0.1) is 5.82 Å². The summed E-state index contributed by atoms with van der Waals surface area (Å²) in [6.07, 6.45) is 0.545. The summed E-state index contributed by atoms with van der Waals surface area (Å²) in [6.45, 7) is 1.42. The van der Waals surface area contributed by atoms with E-state index in [1.54, 1.807) is 24.3 Å². The molecule has 2 aromatic carbocycles. The highest BCUT2D eigenvalue weighted by Crippen LogP contribution is 2.30. The minimum Gasteiger partial charge on any atom is -0.486 e. The van der Waals surface area contributed by atoms with Crippen LogP contribution in [-0.2, 0) is 13.5 Å². The van der Waals surface area contributed by atoms with Crippen molar-refractivity contribution in [2.24, 2.45) is 7.05 Å². The smallest absolute Gasteiger partial charge is 0.251 e. The second-order valence-electron chi connectivity index (χ2n) is 6.08. The van der Waals surface area contributed by atoms with E-state index in [-0.39, 0.29) is 11.7 Å². The Labute approximate surface area is 149 Å². The molecular formula is C19H18FN3O3. The molecule has 0 bridgehead atoms. The van der Waals surface area contributed by atoms with Gasteiger partial charge in [-0.05, 0) is 36.4 Å². The number of amides is 1. The van der Waals surface area contributed by atoms with Crippen molar-refractivity contribution in [2.45, 2.75) is 6.42 Å². The Morgan fingerprint density at radius 1 is 1.19 bits per heavy atom. The number of rotatable bonds is 4. The number of ether oxygens (including phenoxy) is 2. The molecule has 0 unspecified atom stereocenters. The average molecular weight is 355 g/mol. The molecule has 6 nitrogen and oxygen atoms in total. The predicted molar refractivity (Wildman–Crippen MR) is 94.1 cm³/mol. The van der Waals surface area contributed by atoms with Gasteiger partial charge in [-0.25, -0.2) is 9.37 Å². The Bertz CT molecular complexity index is 984. The summed E-state index contributed by atoms with van der Waals surface area (Å²) in [5.41, 5.74) is 1.99. The average Bonchev–Trinajstić information content (AvgIpc) is 2.97. The van der Waals surface area contributed by atoms with E-state index in [9.17, 15) is 9.18 Å². The fraction of sp³-hybridized carbons (Fsp3) is 0.263. The van der Waals surface area contributed by atoms with Crippen molar-refractivity contribution in [3.63, 3.8) is 0 Å². The van der Waals surface area contributed by atoms with Crippen molar-refractivity contribution in [3.8, 4) is 11.5 Å². The zero-order valence-electron chi connectivity index (χ0n) is 14.3. The van der Waals surface area contributed by atoms with Gasteiger partial charge < -0.3 is 19.4 Å². The highest BCUT2D eigenvalue weighted by Gasteiger charge is 2.15. The molecule has 134 valence electrons. The molecule has 7 heteroatoms. The van der Waals surface area contributed by atoms with E-state index >= 15 is 0 Å². The molecular weight excluding hydrogens is 337 g/mol. The van der Waals surface area contributed by atoms with Crippen molar-refractivity contribution < 1.29 is 18.7 Å². The number of nitrogens with zero attached hydrogens (tertiary/aromatic N) is 2. The number of benzene rings is 2. The number of aromatic nitrogens is 2. The number of halogens is 1. The van der Waals surface area contributed by atoms with Gasteiger partial charge in [0.05, 0.1) is 11.0 Å². The van der Waals surface area contributed by atoms with Crippen LogP contribution < -0.4 is 14.8 Å². The third-order valence-electron chi connectivity index (χ3n) is 4.37. The van der Waals surface area contributed by atoms with Gasteiger partial charge >= 0.3 is 0 Å². The summed E-state index contributed by atoms with van der Waals surface area (Å²) in [4.78, 5) is 16.8. The molecule has 26 heavy (non-hydrogen) atoms. The van der Waals surface area contributed by atoms with Crippen LogP contribution in [0.4, 0.5) is 4.39 Å². The molecule has 0 radical (unpaired) electrons. The number of aryl methyl sites for hydroxylation is 1. The number of fused-ring (bicyclic) bond motifs is 2. The van der Waals surface area contributed by atoms with Gasteiger partial charge in [-0.2, -0.15) is 0 Å². The number of carbonyl (C=O) groups excluding carboxylic acids is 1. The van der Waals surface area contributed by atoms with Crippen molar-refractivity contribution in [2.75, 3.05) is 19.8 Å². The van der Waals surface area contributed by atoms with E-state index in [2.05, 4.69) is 10.3 Å². The van der Waals surface area contributed by atoms with Gasteiger partial charge in [0, 0.05) is 25.6 Å². The lowest BCUT2D eigenvalue weighted by molar-refractivity contribution is 0.0952. The summed E-state index contributed by atoms with van der Waals surface area (Å²) in [5, 5.41) is 2.87. The van der Waals surface area contributed by atoms with Crippen molar-refractivity contribution >= 4 is 16.9 Å². The highest BCUT2D eigenvalue weighted by atomic mass is 19.1. The van der Waals surface area contributed by atoms with Crippen molar-refractivity contribution in [1.29, 1.82) is 0 Å². The number of hydrogen-bond acceptors (Lipinski definition) is 4.